The molecule has 2 heteroatoms. The molecule has 0 aliphatic carbocycles. The minimum Gasteiger partial charge on any atom is -0.361 e. The maximum atomic E-state index is 11.0. The van der Waals surface area contributed by atoms with Crippen LogP contribution in [0.25, 0.3) is 0 Å². The Morgan fingerprint density at radius 1 is 1.43 bits per heavy atom. The molecule has 74 valence electrons. The molecule has 0 aliphatic heterocycles. The first kappa shape index (κ1) is 10.5. The van der Waals surface area contributed by atoms with Gasteiger partial charge >= 0.3 is 0 Å². The Kier molecular flexibility index (Phi) is 3.92. The van der Waals surface area contributed by atoms with E-state index in [4.69, 9.17) is 0 Å². The van der Waals surface area contributed by atoms with Gasteiger partial charge in [0.25, 0.3) is 0 Å². The predicted molar refractivity (Wildman–Crippen MR) is 59.5 cm³/mol. The van der Waals surface area contributed by atoms with Crippen LogP contribution in [0.2, 0.25) is 0 Å². The van der Waals surface area contributed by atoms with Crippen LogP contribution in [-0.2, 0) is 4.79 Å². The van der Waals surface area contributed by atoms with Gasteiger partial charge in [-0.05, 0) is 19.1 Å². The summed E-state index contributed by atoms with van der Waals surface area (Å²) in [6, 6.07) is 9.87. The van der Waals surface area contributed by atoms with Crippen molar-refractivity contribution < 1.29 is 4.79 Å². The molecule has 0 aliphatic rings. The minimum atomic E-state index is 0.163. The minimum absolute atomic E-state index is 0.163. The van der Waals surface area contributed by atoms with Crippen LogP contribution >= 0.6 is 0 Å². The highest BCUT2D eigenvalue weighted by Gasteiger charge is 2.05. The third kappa shape index (κ3) is 3.05. The average molecular weight is 189 g/mol. The lowest BCUT2D eigenvalue weighted by atomic mass is 10.2. The summed E-state index contributed by atoms with van der Waals surface area (Å²) < 4.78 is 0. The number of ketones is 1. The van der Waals surface area contributed by atoms with E-state index in [1.54, 1.807) is 13.0 Å². The van der Waals surface area contributed by atoms with Crippen LogP contribution in [0.5, 0.6) is 0 Å². The van der Waals surface area contributed by atoms with Crippen LogP contribution in [0.15, 0.2) is 43.0 Å². The number of hydrogen-bond acceptors (Lipinski definition) is 2. The standard InChI is InChI=1S/C12H15NO/c1-3-9-13(10-11(2)14)12-7-5-4-6-8-12/h3-8H,1,9-10H2,2H3. The summed E-state index contributed by atoms with van der Waals surface area (Å²) in [5.41, 5.74) is 1.06. The second-order valence-corrected chi connectivity index (χ2v) is 3.21. The number of Topliss-reactive ketones (excluding diaryl/α,β-unsaturated/α-hetero) is 1. The molecule has 14 heavy (non-hydrogen) atoms. The Hall–Kier alpha value is -1.57. The van der Waals surface area contributed by atoms with Gasteiger partial charge in [0.2, 0.25) is 0 Å². The molecule has 0 N–H and O–H groups in total. The Balaban J connectivity index is 2.77. The van der Waals surface area contributed by atoms with E-state index in [0.29, 0.717) is 13.1 Å². The van der Waals surface area contributed by atoms with Crippen LogP contribution in [0.1, 0.15) is 6.92 Å². The first-order chi connectivity index (χ1) is 6.74. The maximum absolute atomic E-state index is 11.0. The molecule has 1 aromatic carbocycles. The molecule has 1 rings (SSSR count). The van der Waals surface area contributed by atoms with Crippen molar-refractivity contribution in [3.05, 3.63) is 43.0 Å². The number of rotatable bonds is 5. The van der Waals surface area contributed by atoms with Crippen LogP contribution in [0.3, 0.4) is 0 Å². The zero-order valence-electron chi connectivity index (χ0n) is 8.44. The smallest absolute Gasteiger partial charge is 0.149 e. The van der Waals surface area contributed by atoms with Crippen molar-refractivity contribution >= 4 is 11.5 Å². The van der Waals surface area contributed by atoms with Gasteiger partial charge in [0.1, 0.15) is 5.78 Å². The summed E-state index contributed by atoms with van der Waals surface area (Å²) in [5.74, 6) is 0.163. The van der Waals surface area contributed by atoms with Crippen molar-refractivity contribution in [2.24, 2.45) is 0 Å². The summed E-state index contributed by atoms with van der Waals surface area (Å²) in [6.45, 7) is 6.42. The molecular weight excluding hydrogens is 174 g/mol. The maximum Gasteiger partial charge on any atom is 0.149 e. The van der Waals surface area contributed by atoms with Gasteiger partial charge in [0.15, 0.2) is 0 Å². The quantitative estimate of drug-likeness (QED) is 0.662. The van der Waals surface area contributed by atoms with Crippen molar-refractivity contribution in [1.82, 2.24) is 0 Å². The summed E-state index contributed by atoms with van der Waals surface area (Å²) >= 11 is 0. The van der Waals surface area contributed by atoms with Gasteiger partial charge in [-0.1, -0.05) is 24.3 Å². The Bertz CT molecular complexity index is 305. The Morgan fingerprint density at radius 3 is 2.57 bits per heavy atom. The molecule has 2 nitrogen and oxygen atoms in total. The molecule has 0 spiro atoms. The van der Waals surface area contributed by atoms with Crippen molar-refractivity contribution in [2.75, 3.05) is 18.0 Å². The molecule has 0 amide bonds. The van der Waals surface area contributed by atoms with E-state index in [0.717, 1.165) is 5.69 Å². The highest BCUT2D eigenvalue weighted by Crippen LogP contribution is 2.12. The molecular formula is C12H15NO. The van der Waals surface area contributed by atoms with Crippen molar-refractivity contribution in [2.45, 2.75) is 6.92 Å². The number of carbonyl (C=O) groups excluding carboxylic acids is 1. The zero-order valence-corrected chi connectivity index (χ0v) is 8.44. The fourth-order valence-electron chi connectivity index (χ4n) is 1.32. The van der Waals surface area contributed by atoms with E-state index in [1.165, 1.54) is 0 Å². The number of nitrogens with zero attached hydrogens (tertiary/aromatic N) is 1. The molecule has 0 saturated carbocycles. The van der Waals surface area contributed by atoms with Crippen molar-refractivity contribution in [3.8, 4) is 0 Å². The number of hydrogen-bond donors (Lipinski definition) is 0. The van der Waals surface area contributed by atoms with Gasteiger partial charge in [-0.3, -0.25) is 4.79 Å². The molecule has 0 saturated heterocycles. The first-order valence-electron chi connectivity index (χ1n) is 4.64. The van der Waals surface area contributed by atoms with E-state index >= 15 is 0 Å². The van der Waals surface area contributed by atoms with Gasteiger partial charge in [0.05, 0.1) is 6.54 Å². The highest BCUT2D eigenvalue weighted by molar-refractivity contribution is 5.81. The average Bonchev–Trinajstić information content (AvgIpc) is 2.18. The molecule has 1 aromatic rings. The number of benzene rings is 1. The van der Waals surface area contributed by atoms with Gasteiger partial charge in [-0.15, -0.1) is 6.58 Å². The van der Waals surface area contributed by atoms with E-state index in [1.807, 2.05) is 35.2 Å². The molecule has 0 aromatic heterocycles. The number of carbonyl (C=O) groups is 1. The van der Waals surface area contributed by atoms with E-state index in [9.17, 15) is 4.79 Å². The summed E-state index contributed by atoms with van der Waals surface area (Å²) in [6.07, 6.45) is 1.80. The number of anilines is 1. The topological polar surface area (TPSA) is 20.3 Å². The summed E-state index contributed by atoms with van der Waals surface area (Å²) in [5, 5.41) is 0. The summed E-state index contributed by atoms with van der Waals surface area (Å²) in [7, 11) is 0. The second-order valence-electron chi connectivity index (χ2n) is 3.21. The van der Waals surface area contributed by atoms with Crippen molar-refractivity contribution in [3.63, 3.8) is 0 Å². The Labute approximate surface area is 84.9 Å². The van der Waals surface area contributed by atoms with E-state index in [-0.39, 0.29) is 5.78 Å². The molecule has 0 fully saturated rings. The van der Waals surface area contributed by atoms with Gasteiger partial charge in [-0.2, -0.15) is 0 Å². The fraction of sp³-hybridized carbons (Fsp3) is 0.250. The Morgan fingerprint density at radius 2 is 2.07 bits per heavy atom. The van der Waals surface area contributed by atoms with Gasteiger partial charge in [-0.25, -0.2) is 0 Å². The van der Waals surface area contributed by atoms with Gasteiger partial charge < -0.3 is 4.90 Å². The first-order valence-corrected chi connectivity index (χ1v) is 4.64. The van der Waals surface area contributed by atoms with E-state index in [2.05, 4.69) is 6.58 Å². The fourth-order valence-corrected chi connectivity index (χ4v) is 1.32. The molecule has 0 bridgehead atoms. The normalized spacial score (nSPS) is 9.50. The predicted octanol–water partition coefficient (Wildman–Crippen LogP) is 2.27. The lowest BCUT2D eigenvalue weighted by molar-refractivity contribution is -0.115. The molecule has 0 unspecified atom stereocenters. The molecule has 0 radical (unpaired) electrons. The van der Waals surface area contributed by atoms with E-state index < -0.39 is 0 Å². The largest absolute Gasteiger partial charge is 0.361 e. The monoisotopic (exact) mass is 189 g/mol. The molecule has 0 atom stereocenters. The van der Waals surface area contributed by atoms with Crippen LogP contribution in [-0.4, -0.2) is 18.9 Å². The SMILES string of the molecule is C=CCN(CC(C)=O)c1ccccc1. The lowest BCUT2D eigenvalue weighted by Gasteiger charge is -2.21. The van der Waals surface area contributed by atoms with Crippen LogP contribution < -0.4 is 4.90 Å². The highest BCUT2D eigenvalue weighted by atomic mass is 16.1. The number of para-hydroxylation sites is 1. The lowest BCUT2D eigenvalue weighted by Crippen LogP contribution is -2.28. The van der Waals surface area contributed by atoms with Crippen LogP contribution in [0, 0.1) is 0 Å². The third-order valence-corrected chi connectivity index (χ3v) is 1.88. The van der Waals surface area contributed by atoms with Gasteiger partial charge in [0, 0.05) is 12.2 Å². The molecule has 0 heterocycles. The third-order valence-electron chi connectivity index (χ3n) is 1.88. The summed E-state index contributed by atoms with van der Waals surface area (Å²) in [4.78, 5) is 13.0. The van der Waals surface area contributed by atoms with Crippen LogP contribution in [0.4, 0.5) is 5.69 Å². The zero-order chi connectivity index (χ0) is 10.4. The van der Waals surface area contributed by atoms with Crippen molar-refractivity contribution in [1.29, 1.82) is 0 Å². The second kappa shape index (κ2) is 5.22.